The van der Waals surface area contributed by atoms with E-state index >= 15 is 0 Å². The number of carbonyl (C=O) groups is 2. The summed E-state index contributed by atoms with van der Waals surface area (Å²) in [5.41, 5.74) is 1.04. The first-order valence-electron chi connectivity index (χ1n) is 7.98. The van der Waals surface area contributed by atoms with E-state index in [4.69, 9.17) is 9.52 Å². The highest BCUT2D eigenvalue weighted by atomic mass is 16.4. The second-order valence-corrected chi connectivity index (χ2v) is 5.58. The average Bonchev–Trinajstić information content (AvgIpc) is 3.15. The number of furan rings is 1. The third-order valence-corrected chi connectivity index (χ3v) is 3.70. The summed E-state index contributed by atoms with van der Waals surface area (Å²) in [6.07, 6.45) is 1.34. The third kappa shape index (κ3) is 4.30. The van der Waals surface area contributed by atoms with Gasteiger partial charge in [0.1, 0.15) is 23.2 Å². The van der Waals surface area contributed by atoms with Crippen LogP contribution in [-0.4, -0.2) is 17.0 Å². The topological polar surface area (TPSA) is 103 Å². The number of nitriles is 1. The first kappa shape index (κ1) is 17.7. The molecule has 0 aliphatic rings. The van der Waals surface area contributed by atoms with E-state index in [1.54, 1.807) is 18.2 Å². The number of nitrogens with one attached hydrogen (secondary N) is 1. The molecule has 1 amide bonds. The lowest BCUT2D eigenvalue weighted by Gasteiger charge is -2.05. The van der Waals surface area contributed by atoms with Crippen LogP contribution >= 0.6 is 0 Å². The number of carboxylic acids is 1. The second-order valence-electron chi connectivity index (χ2n) is 5.58. The molecule has 0 fully saturated rings. The van der Waals surface area contributed by atoms with Gasteiger partial charge in [0.15, 0.2) is 0 Å². The van der Waals surface area contributed by atoms with Crippen LogP contribution < -0.4 is 5.32 Å². The SMILES string of the molecule is N#CC(=Cc1ccc(-c2ccccc2)o1)C(=O)Nc1cccc(C(=O)O)c1. The molecule has 6 heteroatoms. The number of carboxylic acid groups (broad SMARTS) is 1. The molecule has 132 valence electrons. The second kappa shape index (κ2) is 7.85. The van der Waals surface area contributed by atoms with Gasteiger partial charge in [-0.3, -0.25) is 4.79 Å². The lowest BCUT2D eigenvalue weighted by atomic mass is 10.2. The largest absolute Gasteiger partial charge is 0.478 e. The van der Waals surface area contributed by atoms with Crippen LogP contribution in [0.1, 0.15) is 16.1 Å². The van der Waals surface area contributed by atoms with Crippen LogP contribution in [0.2, 0.25) is 0 Å². The van der Waals surface area contributed by atoms with Crippen LogP contribution in [0.4, 0.5) is 5.69 Å². The lowest BCUT2D eigenvalue weighted by molar-refractivity contribution is -0.112. The maximum Gasteiger partial charge on any atom is 0.335 e. The molecule has 2 N–H and O–H groups in total. The van der Waals surface area contributed by atoms with Crippen LogP contribution in [0.25, 0.3) is 17.4 Å². The normalized spacial score (nSPS) is 10.9. The zero-order valence-electron chi connectivity index (χ0n) is 14.0. The van der Waals surface area contributed by atoms with E-state index in [0.717, 1.165) is 5.56 Å². The number of hydrogen-bond donors (Lipinski definition) is 2. The predicted molar refractivity (Wildman–Crippen MR) is 99.8 cm³/mol. The monoisotopic (exact) mass is 358 g/mol. The van der Waals surface area contributed by atoms with Crippen LogP contribution in [-0.2, 0) is 4.79 Å². The molecule has 2 aromatic carbocycles. The van der Waals surface area contributed by atoms with Gasteiger partial charge in [-0.2, -0.15) is 5.26 Å². The first-order chi connectivity index (χ1) is 13.1. The molecule has 1 aromatic heterocycles. The van der Waals surface area contributed by atoms with E-state index in [0.29, 0.717) is 11.5 Å². The summed E-state index contributed by atoms with van der Waals surface area (Å²) in [4.78, 5) is 23.3. The highest BCUT2D eigenvalue weighted by Gasteiger charge is 2.12. The summed E-state index contributed by atoms with van der Waals surface area (Å²) in [5, 5.41) is 20.8. The minimum atomic E-state index is -1.11. The molecule has 0 spiro atoms. The van der Waals surface area contributed by atoms with Crippen molar-refractivity contribution in [2.75, 3.05) is 5.32 Å². The molecule has 0 aliphatic carbocycles. The van der Waals surface area contributed by atoms with Crippen molar-refractivity contribution in [1.29, 1.82) is 5.26 Å². The van der Waals surface area contributed by atoms with Crippen molar-refractivity contribution in [2.45, 2.75) is 0 Å². The predicted octanol–water partition coefficient (Wildman–Crippen LogP) is 4.19. The standard InChI is InChI=1S/C21H14N2O4/c22-13-16(20(24)23-17-8-4-7-15(11-17)21(25)26)12-18-9-10-19(27-18)14-5-2-1-3-6-14/h1-12H,(H,23,24)(H,25,26). The summed E-state index contributed by atoms with van der Waals surface area (Å²) < 4.78 is 5.67. The van der Waals surface area contributed by atoms with E-state index in [1.165, 1.54) is 24.3 Å². The summed E-state index contributed by atoms with van der Waals surface area (Å²) in [6.45, 7) is 0. The molecule has 3 aromatic rings. The molecular formula is C21H14N2O4. The highest BCUT2D eigenvalue weighted by molar-refractivity contribution is 6.09. The van der Waals surface area contributed by atoms with Crippen molar-refractivity contribution >= 4 is 23.6 Å². The van der Waals surface area contributed by atoms with Gasteiger partial charge in [-0.05, 0) is 30.3 Å². The Morgan fingerprint density at radius 3 is 2.52 bits per heavy atom. The molecule has 0 radical (unpaired) electrons. The summed E-state index contributed by atoms with van der Waals surface area (Å²) in [7, 11) is 0. The Hall–Kier alpha value is -4.11. The molecule has 27 heavy (non-hydrogen) atoms. The van der Waals surface area contributed by atoms with Crippen LogP contribution in [0.5, 0.6) is 0 Å². The van der Waals surface area contributed by atoms with Gasteiger partial charge in [0.25, 0.3) is 5.91 Å². The molecular weight excluding hydrogens is 344 g/mol. The summed E-state index contributed by atoms with van der Waals surface area (Å²) >= 11 is 0. The Balaban J connectivity index is 1.79. The van der Waals surface area contributed by atoms with Gasteiger partial charge in [-0.1, -0.05) is 36.4 Å². The minimum absolute atomic E-state index is 0.0359. The van der Waals surface area contributed by atoms with Gasteiger partial charge in [0.05, 0.1) is 5.56 Å². The quantitative estimate of drug-likeness (QED) is 0.526. The summed E-state index contributed by atoms with van der Waals surface area (Å²) in [6, 6.07) is 20.5. The Bertz CT molecular complexity index is 1060. The van der Waals surface area contributed by atoms with Crippen molar-refractivity contribution < 1.29 is 19.1 Å². The lowest BCUT2D eigenvalue weighted by Crippen LogP contribution is -2.13. The highest BCUT2D eigenvalue weighted by Crippen LogP contribution is 2.23. The molecule has 6 nitrogen and oxygen atoms in total. The maximum absolute atomic E-state index is 12.3. The molecule has 0 saturated heterocycles. The van der Waals surface area contributed by atoms with Gasteiger partial charge in [0, 0.05) is 17.3 Å². The molecule has 0 aliphatic heterocycles. The maximum atomic E-state index is 12.3. The van der Waals surface area contributed by atoms with Crippen molar-refractivity contribution in [3.8, 4) is 17.4 Å². The van der Waals surface area contributed by atoms with E-state index in [2.05, 4.69) is 5.32 Å². The van der Waals surface area contributed by atoms with Crippen molar-refractivity contribution in [2.24, 2.45) is 0 Å². The van der Waals surface area contributed by atoms with Crippen LogP contribution in [0.3, 0.4) is 0 Å². The van der Waals surface area contributed by atoms with Gasteiger partial charge in [0.2, 0.25) is 0 Å². The van der Waals surface area contributed by atoms with Gasteiger partial charge in [-0.15, -0.1) is 0 Å². The van der Waals surface area contributed by atoms with Crippen molar-refractivity contribution in [3.05, 3.63) is 83.6 Å². The molecule has 1 heterocycles. The van der Waals surface area contributed by atoms with E-state index in [9.17, 15) is 14.9 Å². The molecule has 0 saturated carbocycles. The number of benzene rings is 2. The number of aromatic carboxylic acids is 1. The van der Waals surface area contributed by atoms with Gasteiger partial charge in [-0.25, -0.2) is 4.79 Å². The fraction of sp³-hybridized carbons (Fsp3) is 0. The first-order valence-corrected chi connectivity index (χ1v) is 7.98. The number of carbonyl (C=O) groups excluding carboxylic acids is 1. The van der Waals surface area contributed by atoms with E-state index < -0.39 is 11.9 Å². The van der Waals surface area contributed by atoms with Crippen molar-refractivity contribution in [3.63, 3.8) is 0 Å². The number of rotatable bonds is 5. The van der Waals surface area contributed by atoms with E-state index in [-0.39, 0.29) is 16.8 Å². The van der Waals surface area contributed by atoms with Crippen molar-refractivity contribution in [1.82, 2.24) is 0 Å². The Morgan fingerprint density at radius 2 is 1.81 bits per heavy atom. The van der Waals surface area contributed by atoms with E-state index in [1.807, 2.05) is 36.4 Å². The molecule has 0 unspecified atom stereocenters. The summed E-state index contributed by atoms with van der Waals surface area (Å²) in [5.74, 6) is -0.780. The van der Waals surface area contributed by atoms with Gasteiger partial charge < -0.3 is 14.8 Å². The fourth-order valence-corrected chi connectivity index (χ4v) is 2.41. The van der Waals surface area contributed by atoms with Crippen LogP contribution in [0, 0.1) is 11.3 Å². The molecule has 0 atom stereocenters. The average molecular weight is 358 g/mol. The Kier molecular flexibility index (Phi) is 5.15. The van der Waals surface area contributed by atoms with Gasteiger partial charge >= 0.3 is 5.97 Å². The zero-order valence-corrected chi connectivity index (χ0v) is 14.0. The molecule has 0 bridgehead atoms. The number of nitrogens with zero attached hydrogens (tertiary/aromatic N) is 1. The Morgan fingerprint density at radius 1 is 1.04 bits per heavy atom. The number of anilines is 1. The minimum Gasteiger partial charge on any atom is -0.478 e. The van der Waals surface area contributed by atoms with Crippen LogP contribution in [0.15, 0.2) is 76.7 Å². The Labute approximate surface area is 155 Å². The number of amides is 1. The molecule has 3 rings (SSSR count). The fourth-order valence-electron chi connectivity index (χ4n) is 2.41. The third-order valence-electron chi connectivity index (χ3n) is 3.70. The number of hydrogen-bond acceptors (Lipinski definition) is 4. The zero-order chi connectivity index (χ0) is 19.2. The smallest absolute Gasteiger partial charge is 0.335 e.